The fraction of sp³-hybridized carbons (Fsp3) is 0.333. The zero-order valence-corrected chi connectivity index (χ0v) is 21.8. The van der Waals surface area contributed by atoms with Crippen molar-refractivity contribution in [1.29, 1.82) is 0 Å². The molecular formula is C21H24F2IN3O6S. The highest BCUT2D eigenvalue weighted by Gasteiger charge is 2.26. The van der Waals surface area contributed by atoms with Crippen molar-refractivity contribution in [3.05, 3.63) is 42.0 Å². The van der Waals surface area contributed by atoms with E-state index in [1.54, 1.807) is 36.7 Å². The Labute approximate surface area is 210 Å². The van der Waals surface area contributed by atoms with Crippen LogP contribution in [0.25, 0.3) is 0 Å². The van der Waals surface area contributed by atoms with Crippen LogP contribution >= 0.6 is 22.9 Å². The van der Waals surface area contributed by atoms with E-state index in [0.717, 1.165) is 6.07 Å². The Bertz CT molecular complexity index is 1170. The fourth-order valence-electron chi connectivity index (χ4n) is 2.70. The van der Waals surface area contributed by atoms with Gasteiger partial charge in [0.2, 0.25) is 5.91 Å². The number of hydrogen-bond acceptors (Lipinski definition) is 6. The lowest BCUT2D eigenvalue weighted by Crippen LogP contribution is -2.34. The smallest absolute Gasteiger partial charge is 0.394 e. The van der Waals surface area contributed by atoms with Gasteiger partial charge in [-0.25, -0.2) is 8.42 Å². The van der Waals surface area contributed by atoms with E-state index in [1.165, 1.54) is 40.4 Å². The van der Waals surface area contributed by atoms with Crippen LogP contribution in [0, 0.1) is 6.92 Å². The first-order chi connectivity index (χ1) is 15.7. The summed E-state index contributed by atoms with van der Waals surface area (Å²) in [5.74, 6) is -1.00. The molecule has 0 heterocycles. The number of carbonyl (C=O) groups is 2. The molecule has 13 heteroatoms. The number of ether oxygens (including phenoxy) is 2. The van der Waals surface area contributed by atoms with Crippen LogP contribution in [0.4, 0.5) is 20.2 Å². The van der Waals surface area contributed by atoms with Crippen LogP contribution in [0.2, 0.25) is 0 Å². The quantitative estimate of drug-likeness (QED) is 0.310. The number of aryl methyl sites for hydroxylation is 1. The van der Waals surface area contributed by atoms with Crippen molar-refractivity contribution >= 4 is 56.1 Å². The molecule has 0 aromatic heterocycles. The number of carbonyl (C=O) groups excluding carboxylic acids is 2. The van der Waals surface area contributed by atoms with Crippen LogP contribution in [0.3, 0.4) is 0 Å². The average molecular weight is 611 g/mol. The highest BCUT2D eigenvalue weighted by Crippen LogP contribution is 2.33. The number of anilines is 2. The van der Waals surface area contributed by atoms with Crippen LogP contribution in [0.1, 0.15) is 26.3 Å². The second kappa shape index (κ2) is 11.2. The number of nitrogens with zero attached hydrogens (tertiary/aromatic N) is 1. The zero-order chi connectivity index (χ0) is 25.7. The Kier molecular flexibility index (Phi) is 9.05. The molecule has 2 N–H and O–H groups in total. The van der Waals surface area contributed by atoms with E-state index in [4.69, 9.17) is 4.74 Å². The van der Waals surface area contributed by atoms with Gasteiger partial charge in [-0.1, -0.05) is 6.07 Å². The number of halogens is 3. The number of sulfonamides is 1. The molecule has 2 amide bonds. The first-order valence-corrected chi connectivity index (χ1v) is 12.4. The Morgan fingerprint density at radius 1 is 1.15 bits per heavy atom. The van der Waals surface area contributed by atoms with E-state index in [1.807, 2.05) is 0 Å². The predicted octanol–water partition coefficient (Wildman–Crippen LogP) is 4.01. The maximum Gasteiger partial charge on any atom is 0.394 e. The molecule has 0 unspecified atom stereocenters. The van der Waals surface area contributed by atoms with Gasteiger partial charge in [-0.05, 0) is 37.6 Å². The number of amides is 2. The number of benzene rings is 2. The normalized spacial score (nSPS) is 11.5. The lowest BCUT2D eigenvalue weighted by Gasteiger charge is -2.19. The maximum absolute atomic E-state index is 13.3. The fourth-order valence-corrected chi connectivity index (χ4v) is 4.35. The standard InChI is InChI=1S/C21H24F2IN3O6S/c1-5-32-18-11-16(27(24)20(29)12-25-14(3)28)8-9-19(18)34(30,31)26-15-7-6-13(2)17(10-15)33-21(4,22)23/h6-11,26H,5,12H2,1-4H3,(H,25,28). The third kappa shape index (κ3) is 7.68. The van der Waals surface area contributed by atoms with Gasteiger partial charge in [0.1, 0.15) is 16.4 Å². The number of alkyl halides is 2. The van der Waals surface area contributed by atoms with Crippen molar-refractivity contribution in [3.8, 4) is 11.5 Å². The van der Waals surface area contributed by atoms with Crippen LogP contribution in [-0.4, -0.2) is 39.5 Å². The molecule has 0 aliphatic carbocycles. The Hall–Kier alpha value is -2.68. The summed E-state index contributed by atoms with van der Waals surface area (Å²) in [6.07, 6.45) is -3.44. The summed E-state index contributed by atoms with van der Waals surface area (Å²) in [5.41, 5.74) is 0.738. The van der Waals surface area contributed by atoms with Gasteiger partial charge in [0.25, 0.3) is 15.9 Å². The number of rotatable bonds is 10. The molecular weight excluding hydrogens is 587 g/mol. The van der Waals surface area contributed by atoms with E-state index in [9.17, 15) is 26.8 Å². The summed E-state index contributed by atoms with van der Waals surface area (Å²) in [6, 6.07) is 8.04. The molecule has 0 radical (unpaired) electrons. The Balaban J connectivity index is 2.35. The monoisotopic (exact) mass is 611 g/mol. The molecule has 0 saturated carbocycles. The second-order valence-corrected chi connectivity index (χ2v) is 9.76. The summed E-state index contributed by atoms with van der Waals surface area (Å²) in [6.45, 7) is 4.97. The molecule has 0 saturated heterocycles. The van der Waals surface area contributed by atoms with Crippen molar-refractivity contribution < 1.29 is 36.3 Å². The molecule has 0 bridgehead atoms. The molecule has 186 valence electrons. The molecule has 2 aromatic carbocycles. The van der Waals surface area contributed by atoms with E-state index >= 15 is 0 Å². The van der Waals surface area contributed by atoms with E-state index < -0.39 is 22.0 Å². The third-order valence-corrected chi connectivity index (χ3v) is 6.70. The topological polar surface area (TPSA) is 114 Å². The van der Waals surface area contributed by atoms with E-state index in [-0.39, 0.29) is 41.1 Å². The van der Waals surface area contributed by atoms with Gasteiger partial charge in [0.15, 0.2) is 0 Å². The summed E-state index contributed by atoms with van der Waals surface area (Å²) in [7, 11) is -4.20. The molecule has 0 fully saturated rings. The highest BCUT2D eigenvalue weighted by molar-refractivity contribution is 14.1. The summed E-state index contributed by atoms with van der Waals surface area (Å²) in [4.78, 5) is 23.1. The molecule has 34 heavy (non-hydrogen) atoms. The van der Waals surface area contributed by atoms with Crippen molar-refractivity contribution in [2.24, 2.45) is 0 Å². The van der Waals surface area contributed by atoms with Gasteiger partial charge in [0.05, 0.1) is 47.4 Å². The largest absolute Gasteiger partial charge is 0.492 e. The van der Waals surface area contributed by atoms with Crippen LogP contribution in [0.5, 0.6) is 11.5 Å². The minimum atomic E-state index is -4.20. The van der Waals surface area contributed by atoms with Crippen LogP contribution < -0.4 is 22.6 Å². The second-order valence-electron chi connectivity index (χ2n) is 7.14. The molecule has 2 rings (SSSR count). The van der Waals surface area contributed by atoms with Gasteiger partial charge in [-0.15, -0.1) is 0 Å². The minimum absolute atomic E-state index is 0.0115. The van der Waals surface area contributed by atoms with Gasteiger partial charge in [-0.3, -0.25) is 17.4 Å². The summed E-state index contributed by atoms with van der Waals surface area (Å²) >= 11 is 1.73. The highest BCUT2D eigenvalue weighted by atomic mass is 127. The summed E-state index contributed by atoms with van der Waals surface area (Å²) < 4.78 is 66.3. The first-order valence-electron chi connectivity index (χ1n) is 9.94. The van der Waals surface area contributed by atoms with Crippen molar-refractivity contribution in [3.63, 3.8) is 0 Å². The van der Waals surface area contributed by atoms with Crippen molar-refractivity contribution in [2.45, 2.75) is 38.7 Å². The molecule has 0 spiro atoms. The van der Waals surface area contributed by atoms with E-state index in [2.05, 4.69) is 14.8 Å². The predicted molar refractivity (Wildman–Crippen MR) is 131 cm³/mol. The Morgan fingerprint density at radius 2 is 1.82 bits per heavy atom. The molecule has 0 aliphatic rings. The van der Waals surface area contributed by atoms with Gasteiger partial charge in [-0.2, -0.15) is 8.78 Å². The van der Waals surface area contributed by atoms with E-state index in [0.29, 0.717) is 18.2 Å². The van der Waals surface area contributed by atoms with Crippen LogP contribution in [-0.2, 0) is 19.6 Å². The number of nitrogens with one attached hydrogen (secondary N) is 2. The molecule has 9 nitrogen and oxygen atoms in total. The lowest BCUT2D eigenvalue weighted by atomic mass is 10.2. The average Bonchev–Trinajstić information content (AvgIpc) is 2.72. The molecule has 0 aliphatic heterocycles. The SMILES string of the molecule is CCOc1cc(N(I)C(=O)CNC(C)=O)ccc1S(=O)(=O)Nc1ccc(C)c(OC(C)(F)F)c1. The number of hydrogen-bond donors (Lipinski definition) is 2. The summed E-state index contributed by atoms with van der Waals surface area (Å²) in [5, 5.41) is 2.39. The van der Waals surface area contributed by atoms with Gasteiger partial charge >= 0.3 is 6.11 Å². The van der Waals surface area contributed by atoms with Crippen molar-refractivity contribution in [1.82, 2.24) is 5.32 Å². The van der Waals surface area contributed by atoms with Crippen molar-refractivity contribution in [2.75, 3.05) is 21.0 Å². The zero-order valence-electron chi connectivity index (χ0n) is 18.8. The minimum Gasteiger partial charge on any atom is -0.492 e. The maximum atomic E-state index is 13.3. The van der Waals surface area contributed by atoms with Crippen LogP contribution in [0.15, 0.2) is 41.3 Å². The lowest BCUT2D eigenvalue weighted by molar-refractivity contribution is -0.159. The first kappa shape index (κ1) is 27.6. The molecule has 0 atom stereocenters. The van der Waals surface area contributed by atoms with Gasteiger partial charge < -0.3 is 14.8 Å². The third-order valence-electron chi connectivity index (χ3n) is 4.18. The molecule has 2 aromatic rings. The van der Waals surface area contributed by atoms with Gasteiger partial charge in [0, 0.05) is 26.0 Å². The Morgan fingerprint density at radius 3 is 2.41 bits per heavy atom.